The van der Waals surface area contributed by atoms with E-state index < -0.39 is 0 Å². The van der Waals surface area contributed by atoms with Crippen molar-refractivity contribution in [3.05, 3.63) is 58.6 Å². The first-order valence-electron chi connectivity index (χ1n) is 6.00. The number of hydrogen-bond donors (Lipinski definition) is 2. The zero-order valence-electron chi connectivity index (χ0n) is 10.9. The summed E-state index contributed by atoms with van der Waals surface area (Å²) in [7, 11) is 0. The van der Waals surface area contributed by atoms with E-state index in [-0.39, 0.29) is 5.91 Å². The molecule has 100 valence electrons. The molecule has 1 amide bonds. The second-order valence-corrected chi connectivity index (χ2v) is 4.64. The maximum atomic E-state index is 11.2. The van der Waals surface area contributed by atoms with E-state index in [4.69, 9.17) is 17.3 Å². The van der Waals surface area contributed by atoms with Crippen molar-refractivity contribution in [1.82, 2.24) is 0 Å². The molecule has 0 aliphatic rings. The smallest absolute Gasteiger partial charge is 0.221 e. The van der Waals surface area contributed by atoms with Crippen molar-refractivity contribution in [3.8, 4) is 11.8 Å². The second-order valence-electron chi connectivity index (χ2n) is 4.21. The summed E-state index contributed by atoms with van der Waals surface area (Å²) in [6.45, 7) is 1.45. The van der Waals surface area contributed by atoms with Crippen LogP contribution in [0.25, 0.3) is 0 Å². The van der Waals surface area contributed by atoms with Gasteiger partial charge in [0.2, 0.25) is 5.91 Å². The molecular formula is C16H13ClN2O. The third-order valence-electron chi connectivity index (χ3n) is 2.58. The molecule has 2 aromatic rings. The average molecular weight is 285 g/mol. The first-order chi connectivity index (χ1) is 9.56. The van der Waals surface area contributed by atoms with E-state index in [0.717, 1.165) is 5.56 Å². The third-order valence-corrected chi connectivity index (χ3v) is 2.82. The number of benzene rings is 2. The molecule has 3 nitrogen and oxygen atoms in total. The summed E-state index contributed by atoms with van der Waals surface area (Å²) in [5, 5.41) is 3.28. The van der Waals surface area contributed by atoms with Crippen LogP contribution in [0, 0.1) is 11.8 Å². The number of nitrogen functional groups attached to an aromatic ring is 1. The van der Waals surface area contributed by atoms with Crippen molar-refractivity contribution >= 4 is 28.9 Å². The van der Waals surface area contributed by atoms with Gasteiger partial charge in [0, 0.05) is 28.8 Å². The van der Waals surface area contributed by atoms with Crippen LogP contribution in [-0.2, 0) is 4.79 Å². The van der Waals surface area contributed by atoms with Gasteiger partial charge in [0.25, 0.3) is 0 Å². The van der Waals surface area contributed by atoms with Crippen molar-refractivity contribution < 1.29 is 4.79 Å². The highest BCUT2D eigenvalue weighted by Gasteiger charge is 2.03. The molecule has 0 heterocycles. The number of anilines is 2. The summed E-state index contributed by atoms with van der Waals surface area (Å²) < 4.78 is 0. The summed E-state index contributed by atoms with van der Waals surface area (Å²) in [5.74, 6) is 5.81. The topological polar surface area (TPSA) is 55.1 Å². The SMILES string of the molecule is CC(=O)Nc1ccc(Cl)cc1C#Cc1ccccc1N. The molecule has 0 fully saturated rings. The Morgan fingerprint density at radius 2 is 1.85 bits per heavy atom. The van der Waals surface area contributed by atoms with E-state index in [0.29, 0.717) is 22.0 Å². The molecule has 2 rings (SSSR count). The number of carbonyl (C=O) groups is 1. The van der Waals surface area contributed by atoms with Gasteiger partial charge >= 0.3 is 0 Å². The summed E-state index contributed by atoms with van der Waals surface area (Å²) in [6.07, 6.45) is 0. The summed E-state index contributed by atoms with van der Waals surface area (Å²) in [6, 6.07) is 12.5. The van der Waals surface area contributed by atoms with E-state index in [1.165, 1.54) is 6.92 Å². The molecule has 0 bridgehead atoms. The van der Waals surface area contributed by atoms with Crippen LogP contribution in [0.4, 0.5) is 11.4 Å². The largest absolute Gasteiger partial charge is 0.398 e. The van der Waals surface area contributed by atoms with Crippen molar-refractivity contribution in [2.75, 3.05) is 11.1 Å². The Kier molecular flexibility index (Phi) is 4.29. The minimum atomic E-state index is -0.158. The maximum absolute atomic E-state index is 11.2. The number of amides is 1. The van der Waals surface area contributed by atoms with Crippen LogP contribution < -0.4 is 11.1 Å². The Morgan fingerprint density at radius 3 is 2.55 bits per heavy atom. The minimum Gasteiger partial charge on any atom is -0.398 e. The van der Waals surface area contributed by atoms with Crippen LogP contribution in [0.3, 0.4) is 0 Å². The number of nitrogens with two attached hydrogens (primary N) is 1. The van der Waals surface area contributed by atoms with Crippen molar-refractivity contribution in [2.45, 2.75) is 6.92 Å². The van der Waals surface area contributed by atoms with Gasteiger partial charge in [-0.15, -0.1) is 0 Å². The highest BCUT2D eigenvalue weighted by atomic mass is 35.5. The molecule has 0 aromatic heterocycles. The fourth-order valence-electron chi connectivity index (χ4n) is 1.66. The van der Waals surface area contributed by atoms with E-state index in [9.17, 15) is 4.79 Å². The fourth-order valence-corrected chi connectivity index (χ4v) is 1.84. The molecule has 0 aliphatic carbocycles. The Labute approximate surface area is 122 Å². The van der Waals surface area contributed by atoms with E-state index in [1.54, 1.807) is 24.3 Å². The second kappa shape index (κ2) is 6.14. The van der Waals surface area contributed by atoms with Crippen LogP contribution in [0.5, 0.6) is 0 Å². The molecule has 0 atom stereocenters. The van der Waals surface area contributed by atoms with Crippen LogP contribution in [-0.4, -0.2) is 5.91 Å². The van der Waals surface area contributed by atoms with Crippen LogP contribution in [0.15, 0.2) is 42.5 Å². The summed E-state index contributed by atoms with van der Waals surface area (Å²) >= 11 is 5.96. The van der Waals surface area contributed by atoms with E-state index in [1.807, 2.05) is 18.2 Å². The Morgan fingerprint density at radius 1 is 1.15 bits per heavy atom. The Hall–Kier alpha value is -2.44. The molecular weight excluding hydrogens is 272 g/mol. The Bertz CT molecular complexity index is 714. The molecule has 0 radical (unpaired) electrons. The molecule has 0 saturated heterocycles. The van der Waals surface area contributed by atoms with Gasteiger partial charge in [-0.2, -0.15) is 0 Å². The van der Waals surface area contributed by atoms with Crippen LogP contribution in [0.2, 0.25) is 5.02 Å². The molecule has 0 unspecified atom stereocenters. The van der Waals surface area contributed by atoms with Gasteiger partial charge in [-0.3, -0.25) is 4.79 Å². The molecule has 2 aromatic carbocycles. The molecule has 20 heavy (non-hydrogen) atoms. The van der Waals surface area contributed by atoms with E-state index >= 15 is 0 Å². The lowest BCUT2D eigenvalue weighted by Crippen LogP contribution is -2.07. The average Bonchev–Trinajstić information content (AvgIpc) is 2.40. The van der Waals surface area contributed by atoms with Crippen LogP contribution in [0.1, 0.15) is 18.1 Å². The number of nitrogens with one attached hydrogen (secondary N) is 1. The molecule has 0 aliphatic heterocycles. The zero-order chi connectivity index (χ0) is 14.5. The maximum Gasteiger partial charge on any atom is 0.221 e. The molecule has 0 spiro atoms. The standard InChI is InChI=1S/C16H13ClN2O/c1-11(20)19-16-9-8-14(17)10-13(16)7-6-12-4-2-3-5-15(12)18/h2-5,8-10H,18H2,1H3,(H,19,20). The predicted molar refractivity (Wildman–Crippen MR) is 82.6 cm³/mol. The Balaban J connectivity index is 2.41. The number of para-hydroxylation sites is 1. The first-order valence-corrected chi connectivity index (χ1v) is 6.38. The van der Waals surface area contributed by atoms with Crippen molar-refractivity contribution in [1.29, 1.82) is 0 Å². The molecule has 4 heteroatoms. The summed E-state index contributed by atoms with van der Waals surface area (Å²) in [4.78, 5) is 11.2. The minimum absolute atomic E-state index is 0.158. The van der Waals surface area contributed by atoms with Crippen molar-refractivity contribution in [2.24, 2.45) is 0 Å². The van der Waals surface area contributed by atoms with E-state index in [2.05, 4.69) is 17.2 Å². The number of halogens is 1. The highest BCUT2D eigenvalue weighted by molar-refractivity contribution is 6.30. The zero-order valence-corrected chi connectivity index (χ0v) is 11.7. The lowest BCUT2D eigenvalue weighted by atomic mass is 10.1. The number of carbonyl (C=O) groups excluding carboxylic acids is 1. The van der Waals surface area contributed by atoms with Crippen LogP contribution >= 0.6 is 11.6 Å². The molecule has 0 saturated carbocycles. The number of rotatable bonds is 1. The summed E-state index contributed by atoms with van der Waals surface area (Å²) in [5.41, 5.74) is 8.46. The lowest BCUT2D eigenvalue weighted by Gasteiger charge is -2.05. The van der Waals surface area contributed by atoms with Gasteiger partial charge in [-0.05, 0) is 30.3 Å². The van der Waals surface area contributed by atoms with Crippen molar-refractivity contribution in [3.63, 3.8) is 0 Å². The van der Waals surface area contributed by atoms with Gasteiger partial charge < -0.3 is 11.1 Å². The van der Waals surface area contributed by atoms with Gasteiger partial charge in [-0.1, -0.05) is 35.6 Å². The van der Waals surface area contributed by atoms with Gasteiger partial charge in [-0.25, -0.2) is 0 Å². The monoisotopic (exact) mass is 284 g/mol. The van der Waals surface area contributed by atoms with Gasteiger partial charge in [0.1, 0.15) is 0 Å². The number of hydrogen-bond acceptors (Lipinski definition) is 2. The quantitative estimate of drug-likeness (QED) is 0.624. The van der Waals surface area contributed by atoms with Gasteiger partial charge in [0.15, 0.2) is 0 Å². The third kappa shape index (κ3) is 3.53. The predicted octanol–water partition coefficient (Wildman–Crippen LogP) is 3.28. The fraction of sp³-hybridized carbons (Fsp3) is 0.0625. The normalized spacial score (nSPS) is 9.50. The first kappa shape index (κ1) is 14.0. The highest BCUT2D eigenvalue weighted by Crippen LogP contribution is 2.20. The van der Waals surface area contributed by atoms with Gasteiger partial charge in [0.05, 0.1) is 5.69 Å². The molecule has 3 N–H and O–H groups in total. The lowest BCUT2D eigenvalue weighted by molar-refractivity contribution is -0.114.